The van der Waals surface area contributed by atoms with E-state index < -0.39 is 5.60 Å². The first kappa shape index (κ1) is 55.7. The summed E-state index contributed by atoms with van der Waals surface area (Å²) < 4.78 is 24.6. The first-order valence-electron chi connectivity index (χ1n) is 22.6. The number of nitrogens with one attached hydrogen (secondary N) is 1. The Morgan fingerprint density at radius 1 is 0.925 bits per heavy atom. The SMILES string of the molecule is C=C1C=CC(=O)N1CCOCCOCCOCCOc1cc2c(c3c(C)cccc13)CCN2C=O.CC.CC(C)(O)CO.CCl.Cc1cn2cc(NC(=O)c3ccc(C(C)C)cc3)ccc2n1. The van der Waals surface area contributed by atoms with Gasteiger partial charge in [0.15, 0.2) is 0 Å². The molecule has 0 spiro atoms. The summed E-state index contributed by atoms with van der Waals surface area (Å²) in [6.07, 6.45) is 10.2. The smallest absolute Gasteiger partial charge is 0.255 e. The first-order valence-corrected chi connectivity index (χ1v) is 23.3. The molecular formula is C52H70ClN5O9. The van der Waals surface area contributed by atoms with E-state index >= 15 is 0 Å². The lowest BCUT2D eigenvalue weighted by Crippen LogP contribution is -2.28. The fraction of sp³-hybridized carbons (Fsp3) is 0.423. The van der Waals surface area contributed by atoms with E-state index in [0.717, 1.165) is 46.7 Å². The number of nitrogens with zero attached hydrogens (tertiary/aromatic N) is 4. The second-order valence-electron chi connectivity index (χ2n) is 16.2. The molecule has 67 heavy (non-hydrogen) atoms. The van der Waals surface area contributed by atoms with Gasteiger partial charge in [-0.15, -0.1) is 11.6 Å². The minimum atomic E-state index is -0.903. The second kappa shape index (κ2) is 28.5. The van der Waals surface area contributed by atoms with Gasteiger partial charge in [-0.25, -0.2) is 4.98 Å². The Labute approximate surface area is 401 Å². The number of fused-ring (bicyclic) bond motifs is 4. The molecule has 0 atom stereocenters. The van der Waals surface area contributed by atoms with Crippen LogP contribution in [0.15, 0.2) is 97.5 Å². The number of amides is 3. The van der Waals surface area contributed by atoms with Crippen molar-refractivity contribution in [2.24, 2.45) is 0 Å². The molecule has 0 aliphatic carbocycles. The van der Waals surface area contributed by atoms with Gasteiger partial charge in [0, 0.05) is 60.7 Å². The molecule has 3 aromatic carbocycles. The van der Waals surface area contributed by atoms with Gasteiger partial charge in [-0.05, 0) is 92.5 Å². The number of halogens is 1. The van der Waals surface area contributed by atoms with Crippen molar-refractivity contribution >= 4 is 57.6 Å². The van der Waals surface area contributed by atoms with Crippen LogP contribution in [-0.2, 0) is 30.2 Å². The molecule has 364 valence electrons. The number of anilines is 2. The maximum atomic E-state index is 12.3. The molecule has 14 nitrogen and oxygen atoms in total. The first-order chi connectivity index (χ1) is 32.2. The molecule has 2 aliphatic heterocycles. The van der Waals surface area contributed by atoms with Crippen LogP contribution in [0.5, 0.6) is 5.75 Å². The van der Waals surface area contributed by atoms with Gasteiger partial charge in [0.1, 0.15) is 18.0 Å². The van der Waals surface area contributed by atoms with Crippen LogP contribution in [0.4, 0.5) is 11.4 Å². The number of imidazole rings is 1. The van der Waals surface area contributed by atoms with Crippen molar-refractivity contribution in [3.05, 3.63) is 125 Å². The van der Waals surface area contributed by atoms with Gasteiger partial charge in [0.25, 0.3) is 11.8 Å². The molecule has 0 bridgehead atoms. The highest BCUT2D eigenvalue weighted by atomic mass is 35.5. The quantitative estimate of drug-likeness (QED) is 0.0440. The Kier molecular flexibility index (Phi) is 23.7. The summed E-state index contributed by atoms with van der Waals surface area (Å²) >= 11 is 4.64. The maximum Gasteiger partial charge on any atom is 0.255 e. The van der Waals surface area contributed by atoms with Gasteiger partial charge in [-0.1, -0.05) is 64.6 Å². The molecule has 0 unspecified atom stereocenters. The Balaban J connectivity index is 0.000000316. The third-order valence-electron chi connectivity index (χ3n) is 10.2. The van der Waals surface area contributed by atoms with E-state index in [1.54, 1.807) is 29.7 Å². The monoisotopic (exact) mass is 943 g/mol. The number of aryl methyl sites for hydroxylation is 2. The Bertz CT molecular complexity index is 2360. The van der Waals surface area contributed by atoms with E-state index in [4.69, 9.17) is 29.2 Å². The van der Waals surface area contributed by atoms with Crippen LogP contribution in [0.25, 0.3) is 16.4 Å². The van der Waals surface area contributed by atoms with Gasteiger partial charge < -0.3 is 48.7 Å². The highest BCUT2D eigenvalue weighted by molar-refractivity contribution is 6.15. The van der Waals surface area contributed by atoms with Crippen molar-refractivity contribution in [1.29, 1.82) is 0 Å². The van der Waals surface area contributed by atoms with Gasteiger partial charge in [-0.3, -0.25) is 14.4 Å². The number of alkyl halides is 1. The average Bonchev–Trinajstić information content (AvgIpc) is 4.02. The zero-order chi connectivity index (χ0) is 49.5. The third kappa shape index (κ3) is 17.2. The summed E-state index contributed by atoms with van der Waals surface area (Å²) in [6.45, 7) is 23.3. The van der Waals surface area contributed by atoms with Crippen molar-refractivity contribution < 1.29 is 43.5 Å². The molecule has 15 heteroatoms. The lowest BCUT2D eigenvalue weighted by molar-refractivity contribution is -0.124. The van der Waals surface area contributed by atoms with Crippen molar-refractivity contribution in [3.63, 3.8) is 0 Å². The predicted molar refractivity (Wildman–Crippen MR) is 269 cm³/mol. The zero-order valence-corrected chi connectivity index (χ0v) is 41.4. The number of carbonyl (C=O) groups excluding carboxylic acids is 3. The molecule has 2 aromatic heterocycles. The Morgan fingerprint density at radius 3 is 2.13 bits per heavy atom. The van der Waals surface area contributed by atoms with Crippen molar-refractivity contribution in [2.75, 3.05) is 82.5 Å². The van der Waals surface area contributed by atoms with Crippen LogP contribution < -0.4 is 15.0 Å². The molecule has 5 aromatic rings. The molecular weight excluding hydrogens is 874 g/mol. The van der Waals surface area contributed by atoms with Crippen molar-refractivity contribution in [1.82, 2.24) is 14.3 Å². The van der Waals surface area contributed by atoms with E-state index in [0.29, 0.717) is 76.5 Å². The standard InChI is InChI=1S/C27H32N2O6.C18H19N3O.C4H10O2.C2H6.CH3Cl/c1-20-4-3-5-23-25(18-24-22(27(20)23)8-9-28(24)19-30)35-17-16-34-15-14-33-13-12-32-11-10-29-21(2)6-7-26(29)31;1-12(2)14-4-6-15(7-5-14)18(22)20-16-8-9-17-19-13(3)10-21(17)11-16;1-4(2,6)3-5;2*1-2/h3-7,18-19H,2,8-17H2,1H3;4-12H,1-3H3,(H,20,22);5-6H,3H2,1-2H3;1-2H3;1H3. The van der Waals surface area contributed by atoms with E-state index in [2.05, 4.69) is 61.4 Å². The number of ether oxygens (including phenoxy) is 4. The van der Waals surface area contributed by atoms with Gasteiger partial charge in [0.05, 0.1) is 68.9 Å². The van der Waals surface area contributed by atoms with Crippen LogP contribution >= 0.6 is 11.6 Å². The van der Waals surface area contributed by atoms with E-state index in [-0.39, 0.29) is 18.4 Å². The van der Waals surface area contributed by atoms with E-state index in [1.807, 2.05) is 86.1 Å². The number of aliphatic hydroxyl groups excluding tert-OH is 1. The molecule has 3 amide bonds. The van der Waals surface area contributed by atoms with Crippen LogP contribution in [0, 0.1) is 13.8 Å². The average molecular weight is 945 g/mol. The second-order valence-corrected chi connectivity index (χ2v) is 16.2. The molecule has 0 fully saturated rings. The topological polar surface area (TPSA) is 164 Å². The summed E-state index contributed by atoms with van der Waals surface area (Å²) in [7, 11) is 0. The van der Waals surface area contributed by atoms with Gasteiger partial charge in [0.2, 0.25) is 6.41 Å². The number of pyridine rings is 1. The van der Waals surface area contributed by atoms with E-state index in [9.17, 15) is 14.4 Å². The third-order valence-corrected chi connectivity index (χ3v) is 10.2. The Morgan fingerprint density at radius 2 is 1.55 bits per heavy atom. The number of aromatic nitrogens is 2. The molecule has 0 saturated carbocycles. The number of hydrogen-bond acceptors (Lipinski definition) is 10. The normalized spacial score (nSPS) is 12.7. The lowest BCUT2D eigenvalue weighted by atomic mass is 9.97. The minimum absolute atomic E-state index is 0.0570. The number of rotatable bonds is 18. The van der Waals surface area contributed by atoms with Crippen LogP contribution in [0.2, 0.25) is 0 Å². The fourth-order valence-corrected chi connectivity index (χ4v) is 6.85. The molecule has 0 saturated heterocycles. The largest absolute Gasteiger partial charge is 0.490 e. The molecule has 0 radical (unpaired) electrons. The fourth-order valence-electron chi connectivity index (χ4n) is 6.85. The number of hydrogen-bond donors (Lipinski definition) is 3. The zero-order valence-electron chi connectivity index (χ0n) is 40.6. The van der Waals surface area contributed by atoms with E-state index in [1.165, 1.54) is 34.5 Å². The highest BCUT2D eigenvalue weighted by Crippen LogP contribution is 2.41. The minimum Gasteiger partial charge on any atom is -0.490 e. The molecule has 4 heterocycles. The highest BCUT2D eigenvalue weighted by Gasteiger charge is 2.24. The van der Waals surface area contributed by atoms with Gasteiger partial charge in [-0.2, -0.15) is 0 Å². The number of benzene rings is 3. The summed E-state index contributed by atoms with van der Waals surface area (Å²) in [5.74, 6) is 1.07. The predicted octanol–water partition coefficient (Wildman–Crippen LogP) is 8.66. The summed E-state index contributed by atoms with van der Waals surface area (Å²) in [6, 6.07) is 19.6. The van der Waals surface area contributed by atoms with Crippen molar-refractivity contribution in [2.45, 2.75) is 73.3 Å². The Hall–Kier alpha value is -5.61. The maximum absolute atomic E-state index is 12.3. The number of allylic oxidation sites excluding steroid dienone is 1. The summed E-state index contributed by atoms with van der Waals surface area (Å²) in [4.78, 5) is 43.0. The van der Waals surface area contributed by atoms with Gasteiger partial charge >= 0.3 is 0 Å². The number of carbonyl (C=O) groups is 3. The van der Waals surface area contributed by atoms with Crippen LogP contribution in [-0.4, -0.2) is 121 Å². The van der Waals surface area contributed by atoms with Crippen LogP contribution in [0.1, 0.15) is 80.2 Å². The molecule has 2 aliphatic rings. The molecule has 3 N–H and O–H groups in total. The van der Waals surface area contributed by atoms with Crippen LogP contribution in [0.3, 0.4) is 0 Å². The summed E-state index contributed by atoms with van der Waals surface area (Å²) in [5, 5.41) is 21.9. The lowest BCUT2D eigenvalue weighted by Gasteiger charge is -2.17. The van der Waals surface area contributed by atoms with Crippen molar-refractivity contribution in [3.8, 4) is 5.75 Å². The molecule has 7 rings (SSSR count). The number of aliphatic hydroxyl groups is 2. The summed E-state index contributed by atoms with van der Waals surface area (Å²) in [5.41, 5.74) is 7.58.